The van der Waals surface area contributed by atoms with Crippen LogP contribution in [0.3, 0.4) is 0 Å². The molecule has 2 aliphatic rings. The third-order valence-corrected chi connectivity index (χ3v) is 7.72. The Morgan fingerprint density at radius 2 is 1.65 bits per heavy atom. The standard InChI is InChI=1S/C24H44N3O9P/c1-16(2)22(30)6-5-7-23(31)26-12-20(29)10-19(26)15-35-37(33,34)36-21-11-18(14-28)27(13-21)24(32)8-9-25-17(3)4/h16-21,25,28-29H,5-15H2,1-4H3,(H,33,34)/t18-,19+,20+,21+/m1/s1. The van der Waals surface area contributed by atoms with E-state index in [2.05, 4.69) is 5.32 Å². The first-order chi connectivity index (χ1) is 17.3. The lowest BCUT2D eigenvalue weighted by atomic mass is 10.0. The second-order valence-corrected chi connectivity index (χ2v) is 11.9. The van der Waals surface area contributed by atoms with Gasteiger partial charge in [-0.3, -0.25) is 23.4 Å². The van der Waals surface area contributed by atoms with Crippen molar-refractivity contribution in [1.82, 2.24) is 15.1 Å². The van der Waals surface area contributed by atoms with Crippen LogP contribution in [-0.2, 0) is 28.0 Å². The fourth-order valence-corrected chi connectivity index (χ4v) is 5.59. The Morgan fingerprint density at radius 3 is 2.27 bits per heavy atom. The van der Waals surface area contributed by atoms with Crippen LogP contribution in [0.25, 0.3) is 0 Å². The second-order valence-electron chi connectivity index (χ2n) is 10.5. The van der Waals surface area contributed by atoms with Crippen molar-refractivity contribution in [2.24, 2.45) is 5.92 Å². The lowest BCUT2D eigenvalue weighted by molar-refractivity contribution is -0.133. The van der Waals surface area contributed by atoms with Crippen molar-refractivity contribution in [2.45, 2.75) is 96.6 Å². The number of hydrogen-bond donors (Lipinski definition) is 4. The summed E-state index contributed by atoms with van der Waals surface area (Å²) in [4.78, 5) is 50.2. The summed E-state index contributed by atoms with van der Waals surface area (Å²) < 4.78 is 23.1. The molecule has 2 aliphatic heterocycles. The van der Waals surface area contributed by atoms with E-state index in [0.717, 1.165) is 0 Å². The Bertz CT molecular complexity index is 825. The topological polar surface area (TPSA) is 166 Å². The zero-order chi connectivity index (χ0) is 27.8. The summed E-state index contributed by atoms with van der Waals surface area (Å²) >= 11 is 0. The molecule has 12 nitrogen and oxygen atoms in total. The van der Waals surface area contributed by atoms with Gasteiger partial charge in [-0.15, -0.1) is 0 Å². The molecule has 2 fully saturated rings. The summed E-state index contributed by atoms with van der Waals surface area (Å²) in [5, 5.41) is 22.9. The molecule has 0 saturated carbocycles. The van der Waals surface area contributed by atoms with Gasteiger partial charge in [0, 0.05) is 50.9 Å². The Kier molecular flexibility index (Phi) is 12.6. The van der Waals surface area contributed by atoms with Crippen molar-refractivity contribution in [3.63, 3.8) is 0 Å². The zero-order valence-electron chi connectivity index (χ0n) is 22.4. The third kappa shape index (κ3) is 10.4. The van der Waals surface area contributed by atoms with Gasteiger partial charge in [0.1, 0.15) is 5.78 Å². The highest BCUT2D eigenvalue weighted by molar-refractivity contribution is 7.47. The van der Waals surface area contributed by atoms with Crippen LogP contribution in [0.2, 0.25) is 0 Å². The predicted molar refractivity (Wildman–Crippen MR) is 135 cm³/mol. The Labute approximate surface area is 219 Å². The number of phosphoric acid groups is 1. The lowest BCUT2D eigenvalue weighted by Gasteiger charge is -2.25. The first kappa shape index (κ1) is 31.8. The van der Waals surface area contributed by atoms with E-state index in [-0.39, 0.29) is 81.5 Å². The monoisotopic (exact) mass is 549 g/mol. The van der Waals surface area contributed by atoms with Gasteiger partial charge in [0.15, 0.2) is 0 Å². The van der Waals surface area contributed by atoms with Crippen LogP contribution in [-0.4, -0.2) is 106 Å². The Hall–Kier alpha value is -1.40. The molecule has 214 valence electrons. The number of β-amino-alcohol motifs (C(OH)–C–C–N with tert-alkyl or cyclic N) is 1. The predicted octanol–water partition coefficient (Wildman–Crippen LogP) is 0.827. The van der Waals surface area contributed by atoms with Crippen LogP contribution in [0.15, 0.2) is 0 Å². The number of rotatable bonds is 15. The number of amides is 2. The molecule has 0 spiro atoms. The van der Waals surface area contributed by atoms with Crippen molar-refractivity contribution >= 4 is 25.4 Å². The van der Waals surface area contributed by atoms with Gasteiger partial charge in [-0.25, -0.2) is 4.57 Å². The maximum atomic E-state index is 12.7. The summed E-state index contributed by atoms with van der Waals surface area (Å²) in [6.07, 6.45) is -0.128. The normalized spacial score (nSPS) is 25.8. The highest BCUT2D eigenvalue weighted by Crippen LogP contribution is 2.47. The van der Waals surface area contributed by atoms with Gasteiger partial charge in [-0.05, 0) is 19.3 Å². The first-order valence-corrected chi connectivity index (χ1v) is 14.6. The molecule has 37 heavy (non-hydrogen) atoms. The van der Waals surface area contributed by atoms with Gasteiger partial charge in [0.2, 0.25) is 11.8 Å². The first-order valence-electron chi connectivity index (χ1n) is 13.1. The molecule has 0 aromatic heterocycles. The zero-order valence-corrected chi connectivity index (χ0v) is 23.3. The largest absolute Gasteiger partial charge is 0.472 e. The summed E-state index contributed by atoms with van der Waals surface area (Å²) in [5.41, 5.74) is 0. The van der Waals surface area contributed by atoms with E-state index in [1.54, 1.807) is 13.8 Å². The van der Waals surface area contributed by atoms with E-state index in [9.17, 15) is 34.1 Å². The second kappa shape index (κ2) is 14.7. The van der Waals surface area contributed by atoms with Gasteiger partial charge in [-0.2, -0.15) is 0 Å². The molecule has 0 radical (unpaired) electrons. The van der Waals surface area contributed by atoms with Crippen LogP contribution in [0, 0.1) is 5.92 Å². The lowest BCUT2D eigenvalue weighted by Crippen LogP contribution is -2.39. The van der Waals surface area contributed by atoms with Crippen LogP contribution in [0.5, 0.6) is 0 Å². The van der Waals surface area contributed by atoms with E-state index in [1.807, 2.05) is 13.8 Å². The van der Waals surface area contributed by atoms with Gasteiger partial charge in [-0.1, -0.05) is 27.7 Å². The third-order valence-electron chi connectivity index (χ3n) is 6.68. The number of phosphoric ester groups is 1. The molecule has 1 unspecified atom stereocenters. The number of carbonyl (C=O) groups excluding carboxylic acids is 3. The van der Waals surface area contributed by atoms with Crippen LogP contribution in [0.1, 0.15) is 66.2 Å². The number of hydrogen-bond acceptors (Lipinski definition) is 9. The number of nitrogens with one attached hydrogen (secondary N) is 1. The summed E-state index contributed by atoms with van der Waals surface area (Å²) in [7, 11) is -4.54. The van der Waals surface area contributed by atoms with Crippen molar-refractivity contribution in [3.05, 3.63) is 0 Å². The highest BCUT2D eigenvalue weighted by atomic mass is 31.2. The molecule has 13 heteroatoms. The van der Waals surface area contributed by atoms with E-state index in [4.69, 9.17) is 9.05 Å². The molecule has 0 aromatic rings. The van der Waals surface area contributed by atoms with Crippen molar-refractivity contribution in [2.75, 3.05) is 32.8 Å². The number of likely N-dealkylation sites (tertiary alicyclic amines) is 2. The molecule has 2 heterocycles. The number of carbonyl (C=O) groups is 3. The van der Waals surface area contributed by atoms with Gasteiger partial charge >= 0.3 is 7.82 Å². The molecule has 0 bridgehead atoms. The molecular weight excluding hydrogens is 505 g/mol. The molecule has 0 aromatic carbocycles. The van der Waals surface area contributed by atoms with Crippen LogP contribution in [0.4, 0.5) is 0 Å². The molecule has 0 aliphatic carbocycles. The number of Topliss-reactive ketones (excluding diaryl/α,β-unsaturated/α-hetero) is 1. The van der Waals surface area contributed by atoms with E-state index >= 15 is 0 Å². The van der Waals surface area contributed by atoms with Gasteiger partial charge in [0.05, 0.1) is 37.5 Å². The number of aliphatic hydroxyl groups excluding tert-OH is 2. The molecule has 2 saturated heterocycles. The van der Waals surface area contributed by atoms with E-state index in [1.165, 1.54) is 9.80 Å². The molecule has 2 amide bonds. The minimum Gasteiger partial charge on any atom is -0.394 e. The maximum Gasteiger partial charge on any atom is 0.472 e. The number of aliphatic hydroxyl groups is 2. The summed E-state index contributed by atoms with van der Waals surface area (Å²) in [6, 6.07) is -0.889. The van der Waals surface area contributed by atoms with E-state index < -0.39 is 32.1 Å². The molecule has 2 rings (SSSR count). The summed E-state index contributed by atoms with van der Waals surface area (Å²) in [6.45, 7) is 7.58. The fourth-order valence-electron chi connectivity index (χ4n) is 4.64. The van der Waals surface area contributed by atoms with Crippen LogP contribution < -0.4 is 5.32 Å². The van der Waals surface area contributed by atoms with Gasteiger partial charge in [0.25, 0.3) is 0 Å². The Balaban J connectivity index is 1.85. The minimum atomic E-state index is -4.54. The average molecular weight is 550 g/mol. The fraction of sp³-hybridized carbons (Fsp3) is 0.875. The molecular formula is C24H44N3O9P. The van der Waals surface area contributed by atoms with Crippen molar-refractivity contribution in [1.29, 1.82) is 0 Å². The number of ketones is 1. The average Bonchev–Trinajstić information content (AvgIpc) is 3.39. The minimum absolute atomic E-state index is 0.0570. The molecule has 5 atom stereocenters. The Morgan fingerprint density at radius 1 is 1.00 bits per heavy atom. The SMILES string of the molecule is CC(C)NCCC(=O)N1C[C@@H](OP(=O)(O)OC[C@@H]2C[C@H](O)CN2C(=O)CCCC(=O)C(C)C)C[C@@H]1CO. The number of nitrogens with zero attached hydrogens (tertiary/aromatic N) is 2. The van der Waals surface area contributed by atoms with Crippen LogP contribution >= 0.6 is 7.82 Å². The van der Waals surface area contributed by atoms with Crippen molar-refractivity contribution in [3.8, 4) is 0 Å². The smallest absolute Gasteiger partial charge is 0.394 e. The van der Waals surface area contributed by atoms with E-state index in [0.29, 0.717) is 19.4 Å². The quantitative estimate of drug-likeness (QED) is 0.215. The van der Waals surface area contributed by atoms with Crippen molar-refractivity contribution < 1.29 is 43.1 Å². The highest BCUT2D eigenvalue weighted by Gasteiger charge is 2.41. The maximum absolute atomic E-state index is 12.7. The summed E-state index contributed by atoms with van der Waals surface area (Å²) in [5.74, 6) is -0.451. The van der Waals surface area contributed by atoms with Gasteiger partial charge < -0.3 is 30.2 Å². The molecule has 4 N–H and O–H groups in total.